The van der Waals surface area contributed by atoms with Crippen LogP contribution in [0.1, 0.15) is 29.5 Å². The first-order valence-corrected chi connectivity index (χ1v) is 10.7. The highest BCUT2D eigenvalue weighted by Crippen LogP contribution is 2.21. The maximum atomic E-state index is 12.6. The van der Waals surface area contributed by atoms with E-state index in [9.17, 15) is 8.42 Å². The molecule has 0 atom stereocenters. The Kier molecular flexibility index (Phi) is 5.96. The number of anilines is 2. The summed E-state index contributed by atoms with van der Waals surface area (Å²) in [5.41, 5.74) is 3.86. The number of nitrogens with one attached hydrogen (secondary N) is 2. The van der Waals surface area contributed by atoms with Crippen molar-refractivity contribution in [3.05, 3.63) is 41.1 Å². The lowest BCUT2D eigenvalue weighted by atomic mass is 10.1. The molecule has 0 bridgehead atoms. The fourth-order valence-corrected chi connectivity index (χ4v) is 4.61. The second kappa shape index (κ2) is 8.22. The van der Waals surface area contributed by atoms with Crippen LogP contribution >= 0.6 is 0 Å². The molecular formula is C19H27N5O2S. The third kappa shape index (κ3) is 4.75. The molecule has 2 heterocycles. The molecule has 1 aliphatic heterocycles. The summed E-state index contributed by atoms with van der Waals surface area (Å²) in [6.45, 7) is 8.50. The van der Waals surface area contributed by atoms with Crippen molar-refractivity contribution in [1.29, 1.82) is 0 Å². The van der Waals surface area contributed by atoms with E-state index < -0.39 is 10.0 Å². The quantitative estimate of drug-likeness (QED) is 0.707. The zero-order chi connectivity index (χ0) is 19.4. The average molecular weight is 390 g/mol. The van der Waals surface area contributed by atoms with Crippen molar-refractivity contribution in [2.75, 3.05) is 36.4 Å². The smallest absolute Gasteiger partial charge is 0.240 e. The first kappa shape index (κ1) is 19.6. The normalized spacial score (nSPS) is 14.6. The molecule has 27 heavy (non-hydrogen) atoms. The van der Waals surface area contributed by atoms with Gasteiger partial charge in [-0.05, 0) is 56.4 Å². The van der Waals surface area contributed by atoms with Crippen molar-refractivity contribution in [2.24, 2.45) is 0 Å². The van der Waals surface area contributed by atoms with Gasteiger partial charge < -0.3 is 10.2 Å². The van der Waals surface area contributed by atoms with Gasteiger partial charge in [0.1, 0.15) is 0 Å². The minimum atomic E-state index is -3.54. The minimum Gasteiger partial charge on any atom is -0.370 e. The zero-order valence-electron chi connectivity index (χ0n) is 16.1. The van der Waals surface area contributed by atoms with Crippen LogP contribution in [0.4, 0.5) is 11.5 Å². The van der Waals surface area contributed by atoms with Gasteiger partial charge in [-0.25, -0.2) is 13.1 Å². The van der Waals surface area contributed by atoms with Gasteiger partial charge in [-0.3, -0.25) is 0 Å². The van der Waals surface area contributed by atoms with Crippen LogP contribution in [0.2, 0.25) is 0 Å². The monoisotopic (exact) mass is 389 g/mol. The Bertz CT molecular complexity index is 908. The number of nitrogens with zero attached hydrogens (tertiary/aromatic N) is 3. The molecule has 146 valence electrons. The highest BCUT2D eigenvalue weighted by molar-refractivity contribution is 7.89. The largest absolute Gasteiger partial charge is 0.370 e. The van der Waals surface area contributed by atoms with E-state index in [4.69, 9.17) is 0 Å². The van der Waals surface area contributed by atoms with Crippen LogP contribution in [0.3, 0.4) is 0 Å². The van der Waals surface area contributed by atoms with Gasteiger partial charge >= 0.3 is 0 Å². The van der Waals surface area contributed by atoms with E-state index in [2.05, 4.69) is 25.1 Å². The van der Waals surface area contributed by atoms with Crippen LogP contribution in [-0.4, -0.2) is 44.8 Å². The van der Waals surface area contributed by atoms with E-state index in [1.807, 2.05) is 32.9 Å². The van der Waals surface area contributed by atoms with Crippen molar-refractivity contribution in [3.63, 3.8) is 0 Å². The fraction of sp³-hybridized carbons (Fsp3) is 0.474. The summed E-state index contributed by atoms with van der Waals surface area (Å²) in [6, 6.07) is 5.59. The predicted molar refractivity (Wildman–Crippen MR) is 108 cm³/mol. The van der Waals surface area contributed by atoms with Gasteiger partial charge in [0.25, 0.3) is 0 Å². The van der Waals surface area contributed by atoms with E-state index in [0.29, 0.717) is 17.3 Å². The van der Waals surface area contributed by atoms with Gasteiger partial charge in [0, 0.05) is 32.2 Å². The Labute approximate surface area is 161 Å². The molecule has 0 aliphatic carbocycles. The number of aryl methyl sites for hydroxylation is 3. The number of hydrogen-bond donors (Lipinski definition) is 2. The summed E-state index contributed by atoms with van der Waals surface area (Å²) in [4.78, 5) is 2.62. The van der Waals surface area contributed by atoms with Crippen LogP contribution in [0, 0.1) is 20.8 Å². The molecule has 1 aromatic heterocycles. The summed E-state index contributed by atoms with van der Waals surface area (Å²) in [6.07, 6.45) is 4.16. The number of hydrogen-bond acceptors (Lipinski definition) is 6. The van der Waals surface area contributed by atoms with Crippen LogP contribution in [-0.2, 0) is 10.0 Å². The molecule has 3 rings (SSSR count). The molecule has 1 saturated heterocycles. The van der Waals surface area contributed by atoms with Crippen LogP contribution in [0.5, 0.6) is 0 Å². The Morgan fingerprint density at radius 2 is 1.70 bits per heavy atom. The van der Waals surface area contributed by atoms with Gasteiger partial charge in [-0.1, -0.05) is 6.07 Å². The molecule has 2 N–H and O–H groups in total. The van der Waals surface area contributed by atoms with E-state index in [1.54, 1.807) is 12.3 Å². The third-order valence-electron chi connectivity index (χ3n) is 4.92. The highest BCUT2D eigenvalue weighted by Gasteiger charge is 2.17. The highest BCUT2D eigenvalue weighted by atomic mass is 32.2. The first-order valence-electron chi connectivity index (χ1n) is 9.26. The molecule has 0 spiro atoms. The molecule has 1 fully saturated rings. The topological polar surface area (TPSA) is 87.2 Å². The molecule has 0 radical (unpaired) electrons. The number of benzene rings is 1. The lowest BCUT2D eigenvalue weighted by Gasteiger charge is -2.17. The van der Waals surface area contributed by atoms with Crippen molar-refractivity contribution in [2.45, 2.75) is 38.5 Å². The fourth-order valence-electron chi connectivity index (χ4n) is 3.27. The predicted octanol–water partition coefficient (Wildman–Crippen LogP) is 2.39. The van der Waals surface area contributed by atoms with Gasteiger partial charge in [0.15, 0.2) is 5.82 Å². The van der Waals surface area contributed by atoms with Crippen molar-refractivity contribution in [1.82, 2.24) is 14.9 Å². The number of aromatic nitrogens is 2. The van der Waals surface area contributed by atoms with Crippen LogP contribution in [0.15, 0.2) is 29.3 Å². The summed E-state index contributed by atoms with van der Waals surface area (Å²) in [7, 11) is -3.54. The van der Waals surface area contributed by atoms with E-state index >= 15 is 0 Å². The maximum absolute atomic E-state index is 12.6. The SMILES string of the molecule is Cc1cc(C)c(S(=O)(=O)NCCNc2cc(N3CCCC3)cnn2)cc1C. The Morgan fingerprint density at radius 1 is 1.00 bits per heavy atom. The summed E-state index contributed by atoms with van der Waals surface area (Å²) in [5.74, 6) is 0.654. The first-order chi connectivity index (χ1) is 12.9. The summed E-state index contributed by atoms with van der Waals surface area (Å²) < 4.78 is 27.8. The van der Waals surface area contributed by atoms with E-state index in [0.717, 1.165) is 35.5 Å². The van der Waals surface area contributed by atoms with Crippen molar-refractivity contribution < 1.29 is 8.42 Å². The molecule has 0 unspecified atom stereocenters. The van der Waals surface area contributed by atoms with Crippen LogP contribution < -0.4 is 14.9 Å². The zero-order valence-corrected chi connectivity index (χ0v) is 16.9. The van der Waals surface area contributed by atoms with Gasteiger partial charge in [-0.15, -0.1) is 5.10 Å². The average Bonchev–Trinajstić information content (AvgIpc) is 3.17. The number of rotatable bonds is 7. The maximum Gasteiger partial charge on any atom is 0.240 e. The lowest BCUT2D eigenvalue weighted by Crippen LogP contribution is -2.29. The van der Waals surface area contributed by atoms with Gasteiger partial charge in [-0.2, -0.15) is 5.10 Å². The van der Waals surface area contributed by atoms with Crippen LogP contribution in [0.25, 0.3) is 0 Å². The molecule has 1 aromatic carbocycles. The van der Waals surface area contributed by atoms with Crippen molar-refractivity contribution >= 4 is 21.5 Å². The summed E-state index contributed by atoms with van der Waals surface area (Å²) >= 11 is 0. The molecule has 0 amide bonds. The standard InChI is InChI=1S/C19H27N5O2S/c1-14-10-16(3)18(11-15(14)2)27(25,26)22-7-6-20-19-12-17(13-21-23-19)24-8-4-5-9-24/h10-13,22H,4-9H2,1-3H3,(H,20,23). The second-order valence-electron chi connectivity index (χ2n) is 7.02. The Hall–Kier alpha value is -2.19. The Morgan fingerprint density at radius 3 is 2.44 bits per heavy atom. The Balaban J connectivity index is 1.57. The minimum absolute atomic E-state index is 0.268. The molecule has 1 aliphatic rings. The van der Waals surface area contributed by atoms with E-state index in [1.165, 1.54) is 12.8 Å². The lowest BCUT2D eigenvalue weighted by molar-refractivity contribution is 0.582. The molecule has 8 heteroatoms. The molecule has 0 saturated carbocycles. The number of sulfonamides is 1. The molecule has 2 aromatic rings. The van der Waals surface area contributed by atoms with E-state index in [-0.39, 0.29) is 6.54 Å². The van der Waals surface area contributed by atoms with Gasteiger partial charge in [0.05, 0.1) is 16.8 Å². The van der Waals surface area contributed by atoms with Gasteiger partial charge in [0.2, 0.25) is 10.0 Å². The van der Waals surface area contributed by atoms with Crippen molar-refractivity contribution in [3.8, 4) is 0 Å². The molecular weight excluding hydrogens is 362 g/mol. The third-order valence-corrected chi connectivity index (χ3v) is 6.52. The molecule has 7 nitrogen and oxygen atoms in total. The summed E-state index contributed by atoms with van der Waals surface area (Å²) in [5, 5.41) is 11.3. The second-order valence-corrected chi connectivity index (χ2v) is 8.76.